The van der Waals surface area contributed by atoms with Crippen LogP contribution in [0, 0.1) is 17.6 Å². The molecule has 0 bridgehead atoms. The molecule has 126 valence electrons. The van der Waals surface area contributed by atoms with Crippen LogP contribution in [-0.2, 0) is 14.2 Å². The number of carbonyl (C=O) groups is 1. The number of esters is 1. The van der Waals surface area contributed by atoms with Gasteiger partial charge in [0.25, 0.3) is 0 Å². The lowest BCUT2D eigenvalue weighted by Crippen LogP contribution is -2.26. The molecule has 2 fully saturated rings. The summed E-state index contributed by atoms with van der Waals surface area (Å²) < 4.78 is 43.6. The number of methoxy groups -OCH3 is 1. The summed E-state index contributed by atoms with van der Waals surface area (Å²) >= 11 is 0. The lowest BCUT2D eigenvalue weighted by Gasteiger charge is -2.31. The fourth-order valence-electron chi connectivity index (χ4n) is 3.50. The maximum atomic E-state index is 14.0. The monoisotopic (exact) mass is 326 g/mol. The van der Waals surface area contributed by atoms with Crippen LogP contribution in [0.3, 0.4) is 0 Å². The Hall–Kier alpha value is -1.53. The highest BCUT2D eigenvalue weighted by Crippen LogP contribution is 2.39. The summed E-state index contributed by atoms with van der Waals surface area (Å²) in [5.74, 6) is -2.29. The van der Waals surface area contributed by atoms with Crippen molar-refractivity contribution in [1.29, 1.82) is 0 Å². The summed E-state index contributed by atoms with van der Waals surface area (Å²) in [5.41, 5.74) is -0.0305. The highest BCUT2D eigenvalue weighted by molar-refractivity contribution is 5.90. The number of hydrogen-bond acceptors (Lipinski definition) is 4. The maximum absolute atomic E-state index is 14.0. The number of halogens is 2. The SMILES string of the molecule is COC(=O)c1c(F)cc(C2CCC(C3OCCO3)CC2)cc1F. The van der Waals surface area contributed by atoms with E-state index in [1.54, 1.807) is 0 Å². The third kappa shape index (κ3) is 3.38. The second-order valence-corrected chi connectivity index (χ2v) is 6.07. The Balaban J connectivity index is 1.69. The van der Waals surface area contributed by atoms with E-state index >= 15 is 0 Å². The Morgan fingerprint density at radius 2 is 1.65 bits per heavy atom. The fourth-order valence-corrected chi connectivity index (χ4v) is 3.50. The van der Waals surface area contributed by atoms with E-state index in [2.05, 4.69) is 4.74 Å². The lowest BCUT2D eigenvalue weighted by molar-refractivity contribution is -0.0931. The molecule has 6 heteroatoms. The van der Waals surface area contributed by atoms with Crippen LogP contribution in [0.4, 0.5) is 8.78 Å². The van der Waals surface area contributed by atoms with Gasteiger partial charge in [0.1, 0.15) is 17.2 Å². The summed E-state index contributed by atoms with van der Waals surface area (Å²) in [6.07, 6.45) is 3.31. The molecule has 0 spiro atoms. The Morgan fingerprint density at radius 3 is 2.17 bits per heavy atom. The molecule has 4 nitrogen and oxygen atoms in total. The standard InChI is InChI=1S/C17H20F2O4/c1-21-16(20)15-13(18)8-12(9-14(15)19)10-2-4-11(5-3-10)17-22-6-7-23-17/h8-11,17H,2-7H2,1H3. The molecule has 3 rings (SSSR count). The largest absolute Gasteiger partial charge is 0.465 e. The summed E-state index contributed by atoms with van der Waals surface area (Å²) in [5, 5.41) is 0. The predicted molar refractivity (Wildman–Crippen MR) is 78.1 cm³/mol. The molecule has 1 saturated carbocycles. The van der Waals surface area contributed by atoms with Gasteiger partial charge in [0.05, 0.1) is 20.3 Å². The molecule has 1 aromatic carbocycles. The molecule has 1 saturated heterocycles. The van der Waals surface area contributed by atoms with Gasteiger partial charge in [0.15, 0.2) is 6.29 Å². The maximum Gasteiger partial charge on any atom is 0.343 e. The van der Waals surface area contributed by atoms with E-state index in [1.165, 1.54) is 12.1 Å². The zero-order chi connectivity index (χ0) is 16.4. The molecule has 0 N–H and O–H groups in total. The van der Waals surface area contributed by atoms with Gasteiger partial charge >= 0.3 is 5.97 Å². The van der Waals surface area contributed by atoms with Gasteiger partial charge in [0.2, 0.25) is 0 Å². The molecule has 0 aromatic heterocycles. The van der Waals surface area contributed by atoms with Crippen molar-refractivity contribution < 1.29 is 27.8 Å². The van der Waals surface area contributed by atoms with E-state index in [1.807, 2.05) is 0 Å². The molecule has 1 aliphatic heterocycles. The topological polar surface area (TPSA) is 44.8 Å². The number of benzene rings is 1. The molecular weight excluding hydrogens is 306 g/mol. The Kier molecular flexibility index (Phi) is 4.92. The first-order chi connectivity index (χ1) is 11.1. The van der Waals surface area contributed by atoms with Crippen LogP contribution >= 0.6 is 0 Å². The average Bonchev–Trinajstić information content (AvgIpc) is 3.08. The van der Waals surface area contributed by atoms with Crippen molar-refractivity contribution in [2.45, 2.75) is 37.9 Å². The lowest BCUT2D eigenvalue weighted by atomic mass is 9.78. The third-order valence-electron chi connectivity index (χ3n) is 4.73. The normalized spacial score (nSPS) is 25.5. The first-order valence-electron chi connectivity index (χ1n) is 7.90. The van der Waals surface area contributed by atoms with E-state index < -0.39 is 23.2 Å². The smallest absolute Gasteiger partial charge is 0.343 e. The predicted octanol–water partition coefficient (Wildman–Crippen LogP) is 3.40. The molecule has 0 atom stereocenters. The minimum Gasteiger partial charge on any atom is -0.465 e. The second-order valence-electron chi connectivity index (χ2n) is 6.07. The third-order valence-corrected chi connectivity index (χ3v) is 4.73. The number of rotatable bonds is 3. The zero-order valence-electron chi connectivity index (χ0n) is 13.0. The summed E-state index contributed by atoms with van der Waals surface area (Å²) in [6, 6.07) is 2.51. The molecule has 2 aliphatic rings. The molecule has 1 aliphatic carbocycles. The molecule has 0 radical (unpaired) electrons. The number of ether oxygens (including phenoxy) is 3. The van der Waals surface area contributed by atoms with Crippen molar-refractivity contribution in [2.24, 2.45) is 5.92 Å². The van der Waals surface area contributed by atoms with Crippen molar-refractivity contribution >= 4 is 5.97 Å². The van der Waals surface area contributed by atoms with Crippen molar-refractivity contribution in [3.8, 4) is 0 Å². The quantitative estimate of drug-likeness (QED) is 0.799. The highest BCUT2D eigenvalue weighted by atomic mass is 19.1. The number of carbonyl (C=O) groups excluding carboxylic acids is 1. The minimum absolute atomic E-state index is 0.0864. The van der Waals surface area contributed by atoms with Crippen LogP contribution in [-0.4, -0.2) is 32.6 Å². The van der Waals surface area contributed by atoms with Crippen LogP contribution < -0.4 is 0 Å². The molecule has 0 unspecified atom stereocenters. The molecule has 0 amide bonds. The van der Waals surface area contributed by atoms with Crippen LogP contribution in [0.2, 0.25) is 0 Å². The zero-order valence-corrected chi connectivity index (χ0v) is 13.0. The van der Waals surface area contributed by atoms with Crippen LogP contribution in [0.5, 0.6) is 0 Å². The highest BCUT2D eigenvalue weighted by Gasteiger charge is 2.32. The van der Waals surface area contributed by atoms with Crippen molar-refractivity contribution in [1.82, 2.24) is 0 Å². The first kappa shape index (κ1) is 16.3. The van der Waals surface area contributed by atoms with E-state index in [9.17, 15) is 13.6 Å². The van der Waals surface area contributed by atoms with Gasteiger partial charge in [-0.1, -0.05) is 0 Å². The second kappa shape index (κ2) is 6.93. The van der Waals surface area contributed by atoms with Crippen molar-refractivity contribution in [2.75, 3.05) is 20.3 Å². The molecule has 23 heavy (non-hydrogen) atoms. The van der Waals surface area contributed by atoms with Crippen LogP contribution in [0.25, 0.3) is 0 Å². The van der Waals surface area contributed by atoms with E-state index in [-0.39, 0.29) is 12.2 Å². The van der Waals surface area contributed by atoms with Crippen molar-refractivity contribution in [3.05, 3.63) is 34.9 Å². The fraction of sp³-hybridized carbons (Fsp3) is 0.588. The van der Waals surface area contributed by atoms with Gasteiger partial charge in [-0.25, -0.2) is 13.6 Å². The number of hydrogen-bond donors (Lipinski definition) is 0. The van der Waals surface area contributed by atoms with Crippen LogP contribution in [0.15, 0.2) is 12.1 Å². The summed E-state index contributed by atoms with van der Waals surface area (Å²) in [4.78, 5) is 11.4. The minimum atomic E-state index is -0.995. The molecular formula is C17H20F2O4. The van der Waals surface area contributed by atoms with Crippen LogP contribution in [0.1, 0.15) is 47.5 Å². The van der Waals surface area contributed by atoms with E-state index in [0.717, 1.165) is 32.8 Å². The molecule has 1 aromatic rings. The Bertz CT molecular complexity index is 553. The Labute approximate surface area is 133 Å². The van der Waals surface area contributed by atoms with E-state index in [0.29, 0.717) is 24.7 Å². The van der Waals surface area contributed by atoms with Gasteiger partial charge in [-0.15, -0.1) is 0 Å². The first-order valence-corrected chi connectivity index (χ1v) is 7.90. The molecule has 1 heterocycles. The van der Waals surface area contributed by atoms with Gasteiger partial charge in [-0.05, 0) is 49.3 Å². The van der Waals surface area contributed by atoms with E-state index in [4.69, 9.17) is 9.47 Å². The summed E-state index contributed by atoms with van der Waals surface area (Å²) in [7, 11) is 1.10. The van der Waals surface area contributed by atoms with Gasteiger partial charge < -0.3 is 14.2 Å². The van der Waals surface area contributed by atoms with Gasteiger partial charge in [0, 0.05) is 5.92 Å². The van der Waals surface area contributed by atoms with Crippen molar-refractivity contribution in [3.63, 3.8) is 0 Å². The summed E-state index contributed by atoms with van der Waals surface area (Å²) in [6.45, 7) is 1.27. The average molecular weight is 326 g/mol. The Morgan fingerprint density at radius 1 is 1.09 bits per heavy atom. The van der Waals surface area contributed by atoms with Gasteiger partial charge in [-0.3, -0.25) is 0 Å². The van der Waals surface area contributed by atoms with Gasteiger partial charge in [-0.2, -0.15) is 0 Å².